The lowest BCUT2D eigenvalue weighted by atomic mass is 10.1. The number of carbonyl (C=O) groups excluding carboxylic acids is 1. The number of carbonyl (C=O) groups is 1. The number of nitrogens with zero attached hydrogens (tertiary/aromatic N) is 1. The highest BCUT2D eigenvalue weighted by molar-refractivity contribution is 7.89. The Hall–Kier alpha value is -1.15. The minimum absolute atomic E-state index is 0. The Bertz CT molecular complexity index is 642. The molecule has 2 saturated heterocycles. The second kappa shape index (κ2) is 7.61. The molecule has 0 spiro atoms. The van der Waals surface area contributed by atoms with Crippen LogP contribution in [0.1, 0.15) is 25.7 Å². The van der Waals surface area contributed by atoms with Gasteiger partial charge in [0.15, 0.2) is 0 Å². The van der Waals surface area contributed by atoms with Gasteiger partial charge in [0.25, 0.3) is 0 Å². The van der Waals surface area contributed by atoms with Crippen LogP contribution in [0.3, 0.4) is 0 Å². The predicted molar refractivity (Wildman–Crippen MR) is 91.5 cm³/mol. The normalized spacial score (nSPS) is 22.0. The lowest BCUT2D eigenvalue weighted by Crippen LogP contribution is -2.45. The number of halogens is 1. The molecule has 2 heterocycles. The number of rotatable bonds is 4. The lowest BCUT2D eigenvalue weighted by molar-refractivity contribution is -0.117. The second-order valence-electron chi connectivity index (χ2n) is 5.81. The van der Waals surface area contributed by atoms with Gasteiger partial charge in [0.05, 0.1) is 4.90 Å². The van der Waals surface area contributed by atoms with Gasteiger partial charge < -0.3 is 10.2 Å². The molecule has 128 valence electrons. The predicted octanol–water partition coefficient (Wildman–Crippen LogP) is 1.27. The van der Waals surface area contributed by atoms with Crippen molar-refractivity contribution in [3.63, 3.8) is 0 Å². The summed E-state index contributed by atoms with van der Waals surface area (Å²) >= 11 is 0. The number of benzene rings is 1. The van der Waals surface area contributed by atoms with Gasteiger partial charge in [-0.2, -0.15) is 0 Å². The fourth-order valence-electron chi connectivity index (χ4n) is 2.97. The highest BCUT2D eigenvalue weighted by Crippen LogP contribution is 2.23. The molecular weight excluding hydrogens is 338 g/mol. The monoisotopic (exact) mass is 359 g/mol. The van der Waals surface area contributed by atoms with E-state index in [4.69, 9.17) is 0 Å². The standard InChI is InChI=1S/C15H21N3O3S.ClH/c19-15-4-2-10-18(15)13-5-7-14(8-6-13)22(20,21)17-12-3-1-9-16-11-12;/h5-8,12,16-17H,1-4,9-11H2;1H. The summed E-state index contributed by atoms with van der Waals surface area (Å²) in [5.41, 5.74) is 0.765. The van der Waals surface area contributed by atoms with Crippen molar-refractivity contribution >= 4 is 34.0 Å². The third-order valence-corrected chi connectivity index (χ3v) is 5.69. The summed E-state index contributed by atoms with van der Waals surface area (Å²) in [4.78, 5) is 13.7. The van der Waals surface area contributed by atoms with Gasteiger partial charge in [-0.3, -0.25) is 4.79 Å². The molecule has 1 aromatic carbocycles. The van der Waals surface area contributed by atoms with E-state index in [2.05, 4.69) is 10.0 Å². The van der Waals surface area contributed by atoms with Gasteiger partial charge in [0, 0.05) is 31.2 Å². The Kier molecular flexibility index (Phi) is 6.02. The molecule has 2 fully saturated rings. The third kappa shape index (κ3) is 4.23. The van der Waals surface area contributed by atoms with Crippen LogP contribution in [0.15, 0.2) is 29.2 Å². The van der Waals surface area contributed by atoms with E-state index in [0.717, 1.165) is 31.5 Å². The van der Waals surface area contributed by atoms with Crippen LogP contribution in [0.25, 0.3) is 0 Å². The fourth-order valence-corrected chi connectivity index (χ4v) is 4.24. The molecule has 0 aromatic heterocycles. The topological polar surface area (TPSA) is 78.5 Å². The van der Waals surface area contributed by atoms with Crippen LogP contribution in [0, 0.1) is 0 Å². The van der Waals surface area contributed by atoms with Crippen molar-refractivity contribution in [2.24, 2.45) is 0 Å². The van der Waals surface area contributed by atoms with E-state index in [1.54, 1.807) is 29.2 Å². The molecule has 2 aliphatic heterocycles. The summed E-state index contributed by atoms with van der Waals surface area (Å²) in [6, 6.07) is 6.49. The average Bonchev–Trinajstić information content (AvgIpc) is 2.94. The van der Waals surface area contributed by atoms with Crippen molar-refractivity contribution < 1.29 is 13.2 Å². The molecule has 8 heteroatoms. The molecule has 1 aromatic rings. The molecule has 0 radical (unpaired) electrons. The van der Waals surface area contributed by atoms with Crippen LogP contribution in [-0.4, -0.2) is 40.0 Å². The van der Waals surface area contributed by atoms with Gasteiger partial charge >= 0.3 is 0 Å². The van der Waals surface area contributed by atoms with Crippen LogP contribution in [0.4, 0.5) is 5.69 Å². The SMILES string of the molecule is Cl.O=C1CCCN1c1ccc(S(=O)(=O)NC2CCCNC2)cc1. The molecule has 0 aliphatic carbocycles. The number of anilines is 1. The van der Waals surface area contributed by atoms with Gasteiger partial charge in [-0.05, 0) is 50.1 Å². The second-order valence-corrected chi connectivity index (χ2v) is 7.52. The van der Waals surface area contributed by atoms with E-state index in [1.807, 2.05) is 0 Å². The molecular formula is C15H22ClN3O3S. The van der Waals surface area contributed by atoms with Crippen molar-refractivity contribution in [2.45, 2.75) is 36.6 Å². The Balaban J connectivity index is 0.00000192. The molecule has 1 unspecified atom stereocenters. The summed E-state index contributed by atoms with van der Waals surface area (Å²) in [6.45, 7) is 2.31. The number of hydrogen-bond acceptors (Lipinski definition) is 4. The maximum Gasteiger partial charge on any atom is 0.240 e. The van der Waals surface area contributed by atoms with E-state index in [9.17, 15) is 13.2 Å². The van der Waals surface area contributed by atoms with Gasteiger partial charge in [0.1, 0.15) is 0 Å². The summed E-state index contributed by atoms with van der Waals surface area (Å²) in [5, 5.41) is 3.19. The molecule has 6 nitrogen and oxygen atoms in total. The van der Waals surface area contributed by atoms with Crippen molar-refractivity contribution in [3.05, 3.63) is 24.3 Å². The quantitative estimate of drug-likeness (QED) is 0.848. The Morgan fingerprint density at radius 2 is 1.91 bits per heavy atom. The molecule has 3 rings (SSSR count). The molecule has 2 N–H and O–H groups in total. The van der Waals surface area contributed by atoms with Gasteiger partial charge in [-0.25, -0.2) is 13.1 Å². The van der Waals surface area contributed by atoms with Crippen molar-refractivity contribution in [3.8, 4) is 0 Å². The summed E-state index contributed by atoms with van der Waals surface area (Å²) < 4.78 is 27.5. The number of hydrogen-bond donors (Lipinski definition) is 2. The Morgan fingerprint density at radius 3 is 2.48 bits per heavy atom. The minimum atomic E-state index is -3.51. The number of sulfonamides is 1. The zero-order chi connectivity index (χ0) is 15.6. The van der Waals surface area contributed by atoms with E-state index in [1.165, 1.54) is 0 Å². The number of piperidine rings is 1. The van der Waals surface area contributed by atoms with Crippen LogP contribution in [0.2, 0.25) is 0 Å². The van der Waals surface area contributed by atoms with Crippen LogP contribution < -0.4 is 14.9 Å². The first-order chi connectivity index (χ1) is 10.6. The maximum absolute atomic E-state index is 12.4. The van der Waals surface area contributed by atoms with Crippen molar-refractivity contribution in [2.75, 3.05) is 24.5 Å². The molecule has 0 bridgehead atoms. The van der Waals surface area contributed by atoms with E-state index in [-0.39, 0.29) is 29.3 Å². The first-order valence-electron chi connectivity index (χ1n) is 7.70. The molecule has 1 amide bonds. The zero-order valence-electron chi connectivity index (χ0n) is 12.8. The van der Waals surface area contributed by atoms with E-state index in [0.29, 0.717) is 19.5 Å². The minimum Gasteiger partial charge on any atom is -0.315 e. The first-order valence-corrected chi connectivity index (χ1v) is 9.18. The van der Waals surface area contributed by atoms with Crippen LogP contribution in [-0.2, 0) is 14.8 Å². The highest BCUT2D eigenvalue weighted by Gasteiger charge is 2.24. The molecule has 23 heavy (non-hydrogen) atoms. The largest absolute Gasteiger partial charge is 0.315 e. The van der Waals surface area contributed by atoms with Crippen molar-refractivity contribution in [1.82, 2.24) is 10.0 Å². The van der Waals surface area contributed by atoms with E-state index < -0.39 is 10.0 Å². The van der Waals surface area contributed by atoms with Gasteiger partial charge in [-0.15, -0.1) is 12.4 Å². The smallest absolute Gasteiger partial charge is 0.240 e. The maximum atomic E-state index is 12.4. The molecule has 0 saturated carbocycles. The molecule has 1 atom stereocenters. The molecule has 2 aliphatic rings. The Labute approximate surface area is 143 Å². The zero-order valence-corrected chi connectivity index (χ0v) is 14.5. The number of amides is 1. The van der Waals surface area contributed by atoms with Gasteiger partial charge in [0.2, 0.25) is 15.9 Å². The van der Waals surface area contributed by atoms with Gasteiger partial charge in [-0.1, -0.05) is 0 Å². The number of nitrogens with one attached hydrogen (secondary N) is 2. The summed E-state index contributed by atoms with van der Waals surface area (Å²) in [7, 11) is -3.51. The van der Waals surface area contributed by atoms with Crippen LogP contribution >= 0.6 is 12.4 Å². The van der Waals surface area contributed by atoms with Crippen LogP contribution in [0.5, 0.6) is 0 Å². The third-order valence-electron chi connectivity index (χ3n) is 4.15. The highest BCUT2D eigenvalue weighted by atomic mass is 35.5. The van der Waals surface area contributed by atoms with Crippen molar-refractivity contribution in [1.29, 1.82) is 0 Å². The van der Waals surface area contributed by atoms with E-state index >= 15 is 0 Å². The fraction of sp³-hybridized carbons (Fsp3) is 0.533. The Morgan fingerprint density at radius 1 is 1.17 bits per heavy atom. The first kappa shape index (κ1) is 18.2. The lowest BCUT2D eigenvalue weighted by Gasteiger charge is -2.23. The summed E-state index contributed by atoms with van der Waals surface area (Å²) in [6.07, 6.45) is 3.25. The summed E-state index contributed by atoms with van der Waals surface area (Å²) in [5.74, 6) is 0.0991. The average molecular weight is 360 g/mol.